The van der Waals surface area contributed by atoms with Crippen LogP contribution in [-0.4, -0.2) is 73.5 Å². The molecule has 0 amide bonds. The highest BCUT2D eigenvalue weighted by Gasteiger charge is 2.46. The van der Waals surface area contributed by atoms with Gasteiger partial charge in [0.2, 0.25) is 0 Å². The van der Waals surface area contributed by atoms with Crippen molar-refractivity contribution in [2.24, 2.45) is 5.16 Å². The fourth-order valence-electron chi connectivity index (χ4n) is 4.21. The van der Waals surface area contributed by atoms with Gasteiger partial charge in [-0.05, 0) is 54.6 Å². The maximum absolute atomic E-state index is 12.5. The van der Waals surface area contributed by atoms with Gasteiger partial charge in [0.25, 0.3) is 6.29 Å². The Bertz CT molecular complexity index is 1200. The summed E-state index contributed by atoms with van der Waals surface area (Å²) in [7, 11) is 4.72. The molecule has 2 heterocycles. The van der Waals surface area contributed by atoms with Crippen molar-refractivity contribution in [2.45, 2.75) is 48.0 Å². The molecule has 0 bridgehead atoms. The predicted molar refractivity (Wildman–Crippen MR) is 136 cm³/mol. The van der Waals surface area contributed by atoms with E-state index in [-0.39, 0.29) is 35.0 Å². The zero-order valence-electron chi connectivity index (χ0n) is 21.2. The lowest BCUT2D eigenvalue weighted by molar-refractivity contribution is -0.305. The first-order valence-electron chi connectivity index (χ1n) is 11.7. The Morgan fingerprint density at radius 2 is 1.58 bits per heavy atom. The molecule has 1 fully saturated rings. The molecule has 0 radical (unpaired) electrons. The van der Waals surface area contributed by atoms with Crippen molar-refractivity contribution in [1.29, 1.82) is 0 Å². The average molecular weight is 552 g/mol. The third-order valence-electron chi connectivity index (χ3n) is 6.04. The molecule has 12 heteroatoms. The summed E-state index contributed by atoms with van der Waals surface area (Å²) in [6, 6.07) is 15.4. The number of thioether (sulfide) groups is 1. The molecule has 0 saturated carbocycles. The van der Waals surface area contributed by atoms with E-state index in [1.165, 1.54) is 12.1 Å². The number of hydrogen-bond acceptors (Lipinski definition) is 8. The third kappa shape index (κ3) is 6.75. The second-order valence-corrected chi connectivity index (χ2v) is 9.60. The molecule has 1 aromatic heterocycles. The molecule has 0 spiro atoms. The van der Waals surface area contributed by atoms with Crippen molar-refractivity contribution < 1.29 is 37.0 Å². The fourth-order valence-corrected chi connectivity index (χ4v) is 4.75. The van der Waals surface area contributed by atoms with Gasteiger partial charge in [-0.3, -0.25) is 0 Å². The van der Waals surface area contributed by atoms with Crippen LogP contribution in [0.4, 0.5) is 13.2 Å². The number of aromatic nitrogens is 2. The predicted octanol–water partition coefficient (Wildman–Crippen LogP) is 5.29. The summed E-state index contributed by atoms with van der Waals surface area (Å²) < 4.78 is 61.7. The molecule has 0 unspecified atom stereocenters. The van der Waals surface area contributed by atoms with Gasteiger partial charge >= 0.3 is 5.51 Å². The first-order chi connectivity index (χ1) is 18.2. The monoisotopic (exact) mass is 551 g/mol. The average Bonchev–Trinajstić information content (AvgIpc) is 3.38. The first kappa shape index (κ1) is 28.1. The minimum Gasteiger partial charge on any atom is -0.376 e. The summed E-state index contributed by atoms with van der Waals surface area (Å²) in [6.07, 6.45) is 1.04. The Labute approximate surface area is 222 Å². The van der Waals surface area contributed by atoms with Crippen LogP contribution in [0.1, 0.15) is 12.5 Å². The fraction of sp³-hybridized carbons (Fsp3) is 0.385. The largest absolute Gasteiger partial charge is 0.446 e. The molecule has 0 aliphatic carbocycles. The molecule has 1 saturated heterocycles. The second-order valence-electron chi connectivity index (χ2n) is 8.46. The van der Waals surface area contributed by atoms with E-state index in [4.69, 9.17) is 23.8 Å². The molecule has 3 aromatic rings. The summed E-state index contributed by atoms with van der Waals surface area (Å²) in [5.74, 6) is 0. The Kier molecular flexibility index (Phi) is 9.11. The summed E-state index contributed by atoms with van der Waals surface area (Å²) in [5.41, 5.74) is -1.29. The highest BCUT2D eigenvalue weighted by molar-refractivity contribution is 8.00. The SMILES string of the molecule is CO[C@@H]1[C@@H](OC)[C@H](C)O[C@@H](O/N=C/c2ccc(-c3ccn(-c4ccc(SC(F)(F)F)cc4)n3)cc2)[C@@H]1OC. The number of ether oxygens (including phenoxy) is 4. The van der Waals surface area contributed by atoms with Crippen LogP contribution in [0, 0.1) is 0 Å². The Morgan fingerprint density at radius 1 is 0.921 bits per heavy atom. The van der Waals surface area contributed by atoms with E-state index < -0.39 is 17.9 Å². The van der Waals surface area contributed by atoms with E-state index >= 15 is 0 Å². The lowest BCUT2D eigenvalue weighted by atomic mass is 9.99. The van der Waals surface area contributed by atoms with Crippen molar-refractivity contribution in [3.05, 3.63) is 66.4 Å². The van der Waals surface area contributed by atoms with Crippen molar-refractivity contribution in [3.8, 4) is 16.9 Å². The van der Waals surface area contributed by atoms with Crippen LogP contribution < -0.4 is 0 Å². The number of benzene rings is 2. The Balaban J connectivity index is 1.38. The molecule has 8 nitrogen and oxygen atoms in total. The highest BCUT2D eigenvalue weighted by atomic mass is 32.2. The zero-order chi connectivity index (χ0) is 27.3. The minimum atomic E-state index is -4.32. The molecule has 2 aromatic carbocycles. The van der Waals surface area contributed by atoms with Gasteiger partial charge in [0.1, 0.15) is 12.2 Å². The topological polar surface area (TPSA) is 76.3 Å². The summed E-state index contributed by atoms with van der Waals surface area (Å²) in [5, 5.41) is 8.61. The number of rotatable bonds is 9. The molecule has 4 rings (SSSR count). The molecular formula is C26H28F3N3O5S. The second kappa shape index (κ2) is 12.3. The molecule has 1 aliphatic rings. The summed E-state index contributed by atoms with van der Waals surface area (Å²) >= 11 is -0.148. The van der Waals surface area contributed by atoms with Crippen LogP contribution in [0.3, 0.4) is 0 Å². The van der Waals surface area contributed by atoms with Gasteiger partial charge in [0.15, 0.2) is 6.10 Å². The molecule has 0 N–H and O–H groups in total. The van der Waals surface area contributed by atoms with Gasteiger partial charge in [0, 0.05) is 38.0 Å². The number of halogens is 3. The van der Waals surface area contributed by atoms with Crippen LogP contribution in [0.2, 0.25) is 0 Å². The van der Waals surface area contributed by atoms with Gasteiger partial charge < -0.3 is 23.8 Å². The molecule has 204 valence electrons. The van der Waals surface area contributed by atoms with Crippen molar-refractivity contribution in [3.63, 3.8) is 0 Å². The Morgan fingerprint density at radius 3 is 2.18 bits per heavy atom. The summed E-state index contributed by atoms with van der Waals surface area (Å²) in [6.45, 7) is 1.87. The molecule has 38 heavy (non-hydrogen) atoms. The number of methoxy groups -OCH3 is 3. The normalized spacial score (nSPS) is 24.1. The van der Waals surface area contributed by atoms with Crippen molar-refractivity contribution >= 4 is 18.0 Å². The lowest BCUT2D eigenvalue weighted by Gasteiger charge is -2.42. The van der Waals surface area contributed by atoms with Crippen LogP contribution in [-0.2, 0) is 23.8 Å². The van der Waals surface area contributed by atoms with E-state index in [1.54, 1.807) is 50.6 Å². The van der Waals surface area contributed by atoms with E-state index in [0.717, 1.165) is 11.1 Å². The molecule has 1 aliphatic heterocycles. The van der Waals surface area contributed by atoms with Crippen LogP contribution in [0.25, 0.3) is 16.9 Å². The van der Waals surface area contributed by atoms with Gasteiger partial charge in [-0.1, -0.05) is 29.4 Å². The summed E-state index contributed by atoms with van der Waals surface area (Å²) in [4.78, 5) is 5.72. The highest BCUT2D eigenvalue weighted by Crippen LogP contribution is 2.37. The van der Waals surface area contributed by atoms with Gasteiger partial charge in [-0.25, -0.2) is 4.68 Å². The van der Waals surface area contributed by atoms with E-state index in [9.17, 15) is 13.2 Å². The van der Waals surface area contributed by atoms with E-state index in [1.807, 2.05) is 37.3 Å². The standard InChI is InChI=1S/C26H28F3N3O5S/c1-16-22(33-2)23(34-3)24(35-4)25(36-16)37-30-15-17-5-7-18(8-6-17)21-13-14-32(31-21)19-9-11-20(12-10-19)38-26(27,28)29/h5-16,22-25H,1-4H3/b30-15+/t16-,22-,23+,24+,25-/m0/s1. The number of alkyl halides is 3. The number of hydrogen-bond donors (Lipinski definition) is 0. The maximum Gasteiger partial charge on any atom is 0.446 e. The Hall–Kier alpha value is -2.90. The zero-order valence-corrected chi connectivity index (χ0v) is 22.0. The first-order valence-corrected chi connectivity index (χ1v) is 12.5. The number of nitrogens with zero attached hydrogens (tertiary/aromatic N) is 3. The van der Waals surface area contributed by atoms with E-state index in [0.29, 0.717) is 11.4 Å². The quantitative estimate of drug-likeness (QED) is 0.203. The third-order valence-corrected chi connectivity index (χ3v) is 6.78. The number of oxime groups is 1. The van der Waals surface area contributed by atoms with Gasteiger partial charge in [0.05, 0.1) is 23.7 Å². The smallest absolute Gasteiger partial charge is 0.376 e. The van der Waals surface area contributed by atoms with Crippen LogP contribution >= 0.6 is 11.8 Å². The maximum atomic E-state index is 12.5. The lowest BCUT2D eigenvalue weighted by Crippen LogP contribution is -2.59. The van der Waals surface area contributed by atoms with Gasteiger partial charge in [-0.2, -0.15) is 18.3 Å². The van der Waals surface area contributed by atoms with Crippen molar-refractivity contribution in [2.75, 3.05) is 21.3 Å². The molecular weight excluding hydrogens is 523 g/mol. The van der Waals surface area contributed by atoms with Crippen LogP contribution in [0.15, 0.2) is 70.8 Å². The van der Waals surface area contributed by atoms with Crippen molar-refractivity contribution in [1.82, 2.24) is 9.78 Å². The van der Waals surface area contributed by atoms with Crippen LogP contribution in [0.5, 0.6) is 0 Å². The van der Waals surface area contributed by atoms with E-state index in [2.05, 4.69) is 10.3 Å². The molecule has 5 atom stereocenters. The van der Waals surface area contributed by atoms with Gasteiger partial charge in [-0.15, -0.1) is 0 Å². The minimum absolute atomic E-state index is 0.120.